The number of hydrogen-bond acceptors (Lipinski definition) is 4. The van der Waals surface area contributed by atoms with Crippen LogP contribution in [0.3, 0.4) is 0 Å². The summed E-state index contributed by atoms with van der Waals surface area (Å²) in [7, 11) is 0. The first kappa shape index (κ1) is 11.8. The second-order valence-corrected chi connectivity index (χ2v) is 3.42. The van der Waals surface area contributed by atoms with Crippen LogP contribution in [0.2, 0.25) is 0 Å². The van der Waals surface area contributed by atoms with Gasteiger partial charge < -0.3 is 0 Å². The van der Waals surface area contributed by atoms with Crippen LogP contribution in [0.1, 0.15) is 12.5 Å². The number of benzene rings is 1. The van der Waals surface area contributed by atoms with Crippen LogP contribution in [-0.4, -0.2) is 11.9 Å². The molecule has 1 heterocycles. The van der Waals surface area contributed by atoms with Crippen LogP contribution in [-0.2, 0) is 6.54 Å². The lowest BCUT2D eigenvalue weighted by molar-refractivity contribution is 0.484. The molecule has 4 nitrogen and oxygen atoms in total. The van der Waals surface area contributed by atoms with Gasteiger partial charge in [-0.2, -0.15) is 0 Å². The van der Waals surface area contributed by atoms with Crippen LogP contribution < -0.4 is 5.32 Å². The van der Waals surface area contributed by atoms with Crippen molar-refractivity contribution in [1.82, 2.24) is 5.32 Å². The van der Waals surface area contributed by atoms with Crippen molar-refractivity contribution in [1.29, 1.82) is 0 Å². The highest BCUT2D eigenvalue weighted by Crippen LogP contribution is 2.10. The fraction of sp³-hybridized carbons (Fsp3) is 0.300. The van der Waals surface area contributed by atoms with Gasteiger partial charge in [-0.3, -0.25) is 5.32 Å². The Morgan fingerprint density at radius 2 is 2.00 bits per heavy atom. The maximum atomic E-state index is 3.97. The van der Waals surface area contributed by atoms with Crippen LogP contribution in [0, 0.1) is 0 Å². The zero-order valence-corrected chi connectivity index (χ0v) is 9.24. The summed E-state index contributed by atoms with van der Waals surface area (Å²) in [5.41, 5.74) is 0.791. The lowest BCUT2D eigenvalue weighted by Gasteiger charge is -2.16. The zero-order valence-electron chi connectivity index (χ0n) is 8.42. The minimum atomic E-state index is -0.435. The fourth-order valence-corrected chi connectivity index (χ4v) is 1.24. The summed E-state index contributed by atoms with van der Waals surface area (Å²) < 4.78 is 0. The molecular weight excluding hydrogens is 212 g/mol. The molecule has 0 saturated heterocycles. The molecule has 5 heteroatoms. The van der Waals surface area contributed by atoms with Crippen molar-refractivity contribution in [2.75, 3.05) is 0 Å². The third kappa shape index (κ3) is 3.11. The predicted octanol–water partition coefficient (Wildman–Crippen LogP) is 2.37. The van der Waals surface area contributed by atoms with Crippen molar-refractivity contribution in [3.05, 3.63) is 35.9 Å². The van der Waals surface area contributed by atoms with E-state index in [1.165, 1.54) is 5.56 Å². The monoisotopic (exact) mass is 224 g/mol. The SMILES string of the molecule is CC1(NCc2ccccc2)C=NN=N1.Cl. The molecule has 2 rings (SSSR count). The normalized spacial score (nSPS) is 22.7. The van der Waals surface area contributed by atoms with E-state index in [2.05, 4.69) is 32.9 Å². The summed E-state index contributed by atoms with van der Waals surface area (Å²) in [6, 6.07) is 10.2. The smallest absolute Gasteiger partial charge is 0.168 e. The van der Waals surface area contributed by atoms with Crippen LogP contribution in [0.4, 0.5) is 0 Å². The molecule has 0 amide bonds. The van der Waals surface area contributed by atoms with E-state index in [0.29, 0.717) is 0 Å². The van der Waals surface area contributed by atoms with E-state index in [1.54, 1.807) is 6.21 Å². The molecule has 80 valence electrons. The van der Waals surface area contributed by atoms with Crippen LogP contribution in [0.5, 0.6) is 0 Å². The number of hydrogen-bond donors (Lipinski definition) is 1. The molecule has 1 N–H and O–H groups in total. The predicted molar refractivity (Wildman–Crippen MR) is 62.3 cm³/mol. The van der Waals surface area contributed by atoms with E-state index >= 15 is 0 Å². The summed E-state index contributed by atoms with van der Waals surface area (Å²) in [5, 5.41) is 14.5. The molecule has 1 atom stereocenters. The molecular formula is C10H13ClN4. The minimum Gasteiger partial charge on any atom is -0.283 e. The van der Waals surface area contributed by atoms with E-state index in [0.717, 1.165) is 6.54 Å². The molecule has 0 bridgehead atoms. The van der Waals surface area contributed by atoms with E-state index in [1.807, 2.05) is 25.1 Å². The van der Waals surface area contributed by atoms with Gasteiger partial charge in [0.1, 0.15) is 0 Å². The van der Waals surface area contributed by atoms with Gasteiger partial charge >= 0.3 is 0 Å². The van der Waals surface area contributed by atoms with E-state index in [-0.39, 0.29) is 12.4 Å². The topological polar surface area (TPSA) is 49.1 Å². The van der Waals surface area contributed by atoms with Gasteiger partial charge in [-0.05, 0) is 17.7 Å². The molecule has 1 aromatic carbocycles. The maximum absolute atomic E-state index is 3.97. The molecule has 0 aromatic heterocycles. The van der Waals surface area contributed by atoms with Crippen molar-refractivity contribution in [2.24, 2.45) is 15.4 Å². The average Bonchev–Trinajstić information content (AvgIpc) is 2.65. The summed E-state index contributed by atoms with van der Waals surface area (Å²) in [6.07, 6.45) is 1.70. The number of rotatable bonds is 3. The summed E-state index contributed by atoms with van der Waals surface area (Å²) in [5.74, 6) is 0. The zero-order chi connectivity index (χ0) is 9.86. The molecule has 0 spiro atoms. The first-order valence-electron chi connectivity index (χ1n) is 4.54. The van der Waals surface area contributed by atoms with Gasteiger partial charge in [0.05, 0.1) is 6.21 Å². The van der Waals surface area contributed by atoms with Crippen LogP contribution in [0.25, 0.3) is 0 Å². The Labute approximate surface area is 94.9 Å². The average molecular weight is 225 g/mol. The summed E-state index contributed by atoms with van der Waals surface area (Å²) >= 11 is 0. The largest absolute Gasteiger partial charge is 0.283 e. The van der Waals surface area contributed by atoms with Gasteiger partial charge in [0.15, 0.2) is 5.66 Å². The second-order valence-electron chi connectivity index (χ2n) is 3.42. The number of nitrogens with one attached hydrogen (secondary N) is 1. The summed E-state index contributed by atoms with van der Waals surface area (Å²) in [6.45, 7) is 2.71. The van der Waals surface area contributed by atoms with Gasteiger partial charge in [0, 0.05) is 6.54 Å². The molecule has 0 aliphatic carbocycles. The second kappa shape index (κ2) is 5.00. The Hall–Kier alpha value is -1.26. The lowest BCUT2D eigenvalue weighted by atomic mass is 10.2. The third-order valence-electron chi connectivity index (χ3n) is 2.11. The van der Waals surface area contributed by atoms with Gasteiger partial charge in [-0.15, -0.1) is 22.6 Å². The van der Waals surface area contributed by atoms with Gasteiger partial charge in [-0.1, -0.05) is 30.3 Å². The highest BCUT2D eigenvalue weighted by Gasteiger charge is 2.23. The van der Waals surface area contributed by atoms with Crippen molar-refractivity contribution in [3.8, 4) is 0 Å². The quantitative estimate of drug-likeness (QED) is 0.842. The van der Waals surface area contributed by atoms with Crippen molar-refractivity contribution >= 4 is 18.6 Å². The highest BCUT2D eigenvalue weighted by atomic mass is 35.5. The van der Waals surface area contributed by atoms with E-state index in [4.69, 9.17) is 0 Å². The van der Waals surface area contributed by atoms with Gasteiger partial charge in [0.25, 0.3) is 0 Å². The van der Waals surface area contributed by atoms with Gasteiger partial charge in [-0.25, -0.2) is 0 Å². The molecule has 1 aliphatic rings. The first-order chi connectivity index (χ1) is 6.79. The maximum Gasteiger partial charge on any atom is 0.168 e. The van der Waals surface area contributed by atoms with Gasteiger partial charge in [0.2, 0.25) is 0 Å². The standard InChI is InChI=1S/C10H12N4.ClH/c1-10(8-12-14-13-10)11-7-9-5-3-2-4-6-9;/h2-6,8,11H,7H2,1H3;1H. The number of nitrogens with zero attached hydrogens (tertiary/aromatic N) is 3. The minimum absolute atomic E-state index is 0. The molecule has 1 aromatic rings. The number of halogens is 1. The Bertz CT molecular complexity index is 349. The Kier molecular flexibility index (Phi) is 3.94. The molecule has 0 radical (unpaired) electrons. The third-order valence-corrected chi connectivity index (χ3v) is 2.11. The van der Waals surface area contributed by atoms with Crippen molar-refractivity contribution in [3.63, 3.8) is 0 Å². The lowest BCUT2D eigenvalue weighted by Crippen LogP contribution is -2.39. The fourth-order valence-electron chi connectivity index (χ4n) is 1.24. The van der Waals surface area contributed by atoms with Crippen molar-refractivity contribution in [2.45, 2.75) is 19.1 Å². The molecule has 15 heavy (non-hydrogen) atoms. The van der Waals surface area contributed by atoms with Crippen LogP contribution >= 0.6 is 12.4 Å². The Morgan fingerprint density at radius 1 is 1.27 bits per heavy atom. The molecule has 1 unspecified atom stereocenters. The molecule has 1 aliphatic heterocycles. The summed E-state index contributed by atoms with van der Waals surface area (Å²) in [4.78, 5) is 0. The van der Waals surface area contributed by atoms with E-state index in [9.17, 15) is 0 Å². The molecule has 0 saturated carbocycles. The highest BCUT2D eigenvalue weighted by molar-refractivity contribution is 5.85. The van der Waals surface area contributed by atoms with Crippen molar-refractivity contribution < 1.29 is 0 Å². The Balaban J connectivity index is 0.00000112. The molecule has 0 fully saturated rings. The van der Waals surface area contributed by atoms with E-state index < -0.39 is 5.66 Å². The Morgan fingerprint density at radius 3 is 2.60 bits per heavy atom. The first-order valence-corrected chi connectivity index (χ1v) is 4.54. The van der Waals surface area contributed by atoms with Crippen LogP contribution in [0.15, 0.2) is 45.8 Å².